The van der Waals surface area contributed by atoms with Crippen molar-refractivity contribution in [3.63, 3.8) is 0 Å². The molecule has 4 rings (SSSR count). The van der Waals surface area contributed by atoms with Crippen LogP contribution in [-0.4, -0.2) is 15.3 Å². The van der Waals surface area contributed by atoms with E-state index in [0.717, 1.165) is 28.2 Å². The Kier molecular flexibility index (Phi) is 3.63. The van der Waals surface area contributed by atoms with Gasteiger partial charge in [-0.15, -0.1) is 11.3 Å². The van der Waals surface area contributed by atoms with Crippen LogP contribution >= 0.6 is 11.3 Å². The number of thiophene rings is 1. The molecule has 0 aliphatic rings. The normalized spacial score (nSPS) is 10.9. The largest absolute Gasteiger partial charge is 0.321 e. The van der Waals surface area contributed by atoms with Gasteiger partial charge in [-0.25, -0.2) is 4.98 Å². The van der Waals surface area contributed by atoms with Crippen LogP contribution in [0.15, 0.2) is 66.3 Å². The Balaban J connectivity index is 1.58. The molecule has 1 N–H and O–H groups in total. The minimum Gasteiger partial charge on any atom is -0.321 e. The molecule has 0 fully saturated rings. The third-order valence-corrected chi connectivity index (χ3v) is 4.73. The van der Waals surface area contributed by atoms with Crippen LogP contribution in [0.3, 0.4) is 0 Å². The summed E-state index contributed by atoms with van der Waals surface area (Å²) in [5, 5.41) is 4.80. The molecule has 1 aromatic carbocycles. The van der Waals surface area contributed by atoms with E-state index in [2.05, 4.69) is 18.3 Å². The van der Waals surface area contributed by atoms with E-state index in [1.807, 2.05) is 64.6 Å². The summed E-state index contributed by atoms with van der Waals surface area (Å²) in [5.41, 5.74) is 4.82. The summed E-state index contributed by atoms with van der Waals surface area (Å²) >= 11 is 1.43. The Morgan fingerprint density at radius 3 is 2.67 bits per heavy atom. The Morgan fingerprint density at radius 2 is 1.96 bits per heavy atom. The number of carbonyl (C=O) groups excluding carboxylic acids is 1. The zero-order valence-electron chi connectivity index (χ0n) is 13.1. The van der Waals surface area contributed by atoms with Crippen LogP contribution in [0, 0.1) is 6.92 Å². The van der Waals surface area contributed by atoms with Crippen molar-refractivity contribution in [1.29, 1.82) is 0 Å². The predicted molar refractivity (Wildman–Crippen MR) is 97.6 cm³/mol. The summed E-state index contributed by atoms with van der Waals surface area (Å²) in [7, 11) is 0. The van der Waals surface area contributed by atoms with Gasteiger partial charge in [0.05, 0.1) is 10.6 Å². The smallest absolute Gasteiger partial charge is 0.265 e. The zero-order chi connectivity index (χ0) is 16.5. The first kappa shape index (κ1) is 14.7. The lowest BCUT2D eigenvalue weighted by Gasteiger charge is -2.04. The minimum absolute atomic E-state index is 0.0823. The minimum atomic E-state index is -0.0823. The number of amides is 1. The number of aromatic nitrogens is 2. The van der Waals surface area contributed by atoms with Crippen molar-refractivity contribution < 1.29 is 4.79 Å². The van der Waals surface area contributed by atoms with Gasteiger partial charge in [0.15, 0.2) is 0 Å². The zero-order valence-corrected chi connectivity index (χ0v) is 13.9. The number of nitrogens with zero attached hydrogens (tertiary/aromatic N) is 2. The van der Waals surface area contributed by atoms with E-state index >= 15 is 0 Å². The second kappa shape index (κ2) is 5.94. The number of benzene rings is 1. The van der Waals surface area contributed by atoms with E-state index in [1.165, 1.54) is 11.3 Å². The predicted octanol–water partition coefficient (Wildman–Crippen LogP) is 4.62. The first-order chi connectivity index (χ1) is 11.7. The lowest BCUT2D eigenvalue weighted by molar-refractivity contribution is 0.103. The summed E-state index contributed by atoms with van der Waals surface area (Å²) in [6, 6.07) is 15.5. The molecule has 4 nitrogen and oxygen atoms in total. The molecule has 0 spiro atoms. The Bertz CT molecular complexity index is 1000. The second-order valence-electron chi connectivity index (χ2n) is 5.56. The number of hydrogen-bond acceptors (Lipinski definition) is 3. The number of carbonyl (C=O) groups is 1. The van der Waals surface area contributed by atoms with Gasteiger partial charge in [-0.2, -0.15) is 0 Å². The third-order valence-electron chi connectivity index (χ3n) is 3.86. The summed E-state index contributed by atoms with van der Waals surface area (Å²) in [4.78, 5) is 17.5. The van der Waals surface area contributed by atoms with Crippen LogP contribution in [0.4, 0.5) is 5.69 Å². The summed E-state index contributed by atoms with van der Waals surface area (Å²) in [6.45, 7) is 2.05. The first-order valence-electron chi connectivity index (χ1n) is 7.60. The summed E-state index contributed by atoms with van der Waals surface area (Å²) < 4.78 is 2.02. The fourth-order valence-corrected chi connectivity index (χ4v) is 3.24. The molecule has 0 saturated carbocycles. The van der Waals surface area contributed by atoms with Gasteiger partial charge < -0.3 is 9.72 Å². The average Bonchev–Trinajstić information content (AvgIpc) is 3.26. The van der Waals surface area contributed by atoms with Gasteiger partial charge >= 0.3 is 0 Å². The molecule has 0 radical (unpaired) electrons. The molecule has 118 valence electrons. The van der Waals surface area contributed by atoms with Crippen molar-refractivity contribution >= 4 is 28.6 Å². The fourth-order valence-electron chi connectivity index (χ4n) is 2.62. The van der Waals surface area contributed by atoms with Gasteiger partial charge in [0.2, 0.25) is 0 Å². The SMILES string of the molecule is Cc1cccn2cc(-c3ccc(NC(=O)c4cccs4)cc3)nc12. The number of pyridine rings is 1. The van der Waals surface area contributed by atoms with Gasteiger partial charge in [0.25, 0.3) is 5.91 Å². The van der Waals surface area contributed by atoms with Crippen LogP contribution in [-0.2, 0) is 0 Å². The first-order valence-corrected chi connectivity index (χ1v) is 8.48. The lowest BCUT2D eigenvalue weighted by atomic mass is 10.1. The molecule has 4 aromatic rings. The maximum Gasteiger partial charge on any atom is 0.265 e. The monoisotopic (exact) mass is 333 g/mol. The summed E-state index contributed by atoms with van der Waals surface area (Å²) in [6.07, 6.45) is 4.01. The Hall–Kier alpha value is -2.92. The van der Waals surface area contributed by atoms with Gasteiger partial charge in [-0.05, 0) is 42.1 Å². The van der Waals surface area contributed by atoms with Crippen molar-refractivity contribution in [2.24, 2.45) is 0 Å². The van der Waals surface area contributed by atoms with Crippen LogP contribution in [0.5, 0.6) is 0 Å². The highest BCUT2D eigenvalue weighted by Gasteiger charge is 2.08. The van der Waals surface area contributed by atoms with E-state index in [0.29, 0.717) is 4.88 Å². The van der Waals surface area contributed by atoms with Gasteiger partial charge in [0.1, 0.15) is 5.65 Å². The number of rotatable bonds is 3. The van der Waals surface area contributed by atoms with E-state index < -0.39 is 0 Å². The molecule has 0 bridgehead atoms. The molecule has 3 aromatic heterocycles. The highest BCUT2D eigenvalue weighted by Crippen LogP contribution is 2.23. The molecular weight excluding hydrogens is 318 g/mol. The third kappa shape index (κ3) is 2.70. The number of aryl methyl sites for hydroxylation is 1. The second-order valence-corrected chi connectivity index (χ2v) is 6.50. The van der Waals surface area contributed by atoms with Crippen LogP contribution < -0.4 is 5.32 Å². The number of imidazole rings is 1. The maximum absolute atomic E-state index is 12.1. The number of fused-ring (bicyclic) bond motifs is 1. The number of hydrogen-bond donors (Lipinski definition) is 1. The van der Waals surface area contributed by atoms with Crippen LogP contribution in [0.1, 0.15) is 15.2 Å². The molecule has 0 unspecified atom stereocenters. The van der Waals surface area contributed by atoms with Gasteiger partial charge in [-0.1, -0.05) is 24.3 Å². The Labute approximate surface area is 143 Å². The molecule has 24 heavy (non-hydrogen) atoms. The molecule has 0 aliphatic carbocycles. The van der Waals surface area contributed by atoms with Crippen LogP contribution in [0.25, 0.3) is 16.9 Å². The van der Waals surface area contributed by atoms with Gasteiger partial charge in [-0.3, -0.25) is 4.79 Å². The molecule has 0 aliphatic heterocycles. The maximum atomic E-state index is 12.1. The van der Waals surface area contributed by atoms with E-state index in [9.17, 15) is 4.79 Å². The van der Waals surface area contributed by atoms with Gasteiger partial charge in [0, 0.05) is 23.6 Å². The topological polar surface area (TPSA) is 46.4 Å². The Morgan fingerprint density at radius 1 is 1.12 bits per heavy atom. The average molecular weight is 333 g/mol. The summed E-state index contributed by atoms with van der Waals surface area (Å²) in [5.74, 6) is -0.0823. The molecule has 0 saturated heterocycles. The van der Waals surface area contributed by atoms with Crippen molar-refractivity contribution in [2.45, 2.75) is 6.92 Å². The van der Waals surface area contributed by atoms with E-state index in [1.54, 1.807) is 0 Å². The fraction of sp³-hybridized carbons (Fsp3) is 0.0526. The molecular formula is C19H15N3OS. The number of nitrogens with one attached hydrogen (secondary N) is 1. The van der Waals surface area contributed by atoms with Crippen LogP contribution in [0.2, 0.25) is 0 Å². The standard InChI is InChI=1S/C19H15N3OS/c1-13-4-2-10-22-12-16(21-18(13)22)14-6-8-15(9-7-14)20-19(23)17-5-3-11-24-17/h2-12H,1H3,(H,20,23). The number of anilines is 1. The quantitative estimate of drug-likeness (QED) is 0.594. The highest BCUT2D eigenvalue weighted by molar-refractivity contribution is 7.12. The lowest BCUT2D eigenvalue weighted by Crippen LogP contribution is -2.09. The molecule has 3 heterocycles. The van der Waals surface area contributed by atoms with Crippen molar-refractivity contribution in [3.05, 3.63) is 76.7 Å². The molecule has 0 atom stereocenters. The van der Waals surface area contributed by atoms with Crippen molar-refractivity contribution in [3.8, 4) is 11.3 Å². The van der Waals surface area contributed by atoms with E-state index in [-0.39, 0.29) is 5.91 Å². The molecule has 1 amide bonds. The van der Waals surface area contributed by atoms with E-state index in [4.69, 9.17) is 4.98 Å². The molecule has 5 heteroatoms. The highest BCUT2D eigenvalue weighted by atomic mass is 32.1. The van der Waals surface area contributed by atoms with Crippen molar-refractivity contribution in [2.75, 3.05) is 5.32 Å². The van der Waals surface area contributed by atoms with Crippen molar-refractivity contribution in [1.82, 2.24) is 9.38 Å².